The monoisotopic (exact) mass is 275 g/mol. The van der Waals surface area contributed by atoms with Gasteiger partial charge in [0.15, 0.2) is 0 Å². The summed E-state index contributed by atoms with van der Waals surface area (Å²) >= 11 is 0. The van der Waals surface area contributed by atoms with Crippen molar-refractivity contribution in [2.24, 2.45) is 0 Å². The van der Waals surface area contributed by atoms with Crippen LogP contribution >= 0.6 is 0 Å². The number of benzene rings is 1. The maximum atomic E-state index is 6.43. The predicted molar refractivity (Wildman–Crippen MR) is 81.7 cm³/mol. The number of ether oxygens (including phenoxy) is 1. The number of fused-ring (bicyclic) bond motifs is 3. The van der Waals surface area contributed by atoms with Gasteiger partial charge < -0.3 is 14.1 Å². The van der Waals surface area contributed by atoms with Crippen LogP contribution in [-0.4, -0.2) is 17.2 Å². The molecule has 3 nitrogen and oxygen atoms in total. The minimum absolute atomic E-state index is 0.506. The van der Waals surface area contributed by atoms with Crippen molar-refractivity contribution in [3.05, 3.63) is 72.2 Å². The zero-order chi connectivity index (χ0) is 13.9. The molecule has 4 heterocycles. The Balaban J connectivity index is 1.80. The maximum absolute atomic E-state index is 6.43. The van der Waals surface area contributed by atoms with Gasteiger partial charge in [-0.2, -0.15) is 0 Å². The Morgan fingerprint density at radius 3 is 3.14 bits per heavy atom. The van der Waals surface area contributed by atoms with Crippen molar-refractivity contribution in [2.45, 2.75) is 5.72 Å². The summed E-state index contributed by atoms with van der Waals surface area (Å²) in [5, 5.41) is 1.09. The van der Waals surface area contributed by atoms with E-state index in [1.54, 1.807) is 6.26 Å². The largest absolute Gasteiger partial charge is 0.464 e. The highest BCUT2D eigenvalue weighted by atomic mass is 16.5. The van der Waals surface area contributed by atoms with E-state index in [-0.39, 0.29) is 0 Å². The predicted octanol–water partition coefficient (Wildman–Crippen LogP) is 3.86. The average Bonchev–Trinajstić information content (AvgIpc) is 3.00. The Bertz CT molecular complexity index is 868. The quantitative estimate of drug-likeness (QED) is 0.730. The van der Waals surface area contributed by atoms with E-state index in [4.69, 9.17) is 9.15 Å². The lowest BCUT2D eigenvalue weighted by Gasteiger charge is -2.47. The first-order valence-electron chi connectivity index (χ1n) is 7.08. The third-order valence-corrected chi connectivity index (χ3v) is 4.34. The summed E-state index contributed by atoms with van der Waals surface area (Å²) in [6, 6.07) is 5.95. The van der Waals surface area contributed by atoms with E-state index in [1.807, 2.05) is 30.4 Å². The van der Waals surface area contributed by atoms with Crippen molar-refractivity contribution < 1.29 is 9.15 Å². The highest BCUT2D eigenvalue weighted by Crippen LogP contribution is 2.44. The normalized spacial score (nSPS) is 25.1. The Morgan fingerprint density at radius 1 is 1.14 bits per heavy atom. The summed E-state index contributed by atoms with van der Waals surface area (Å²) in [4.78, 5) is 2.21. The first kappa shape index (κ1) is 11.0. The van der Waals surface area contributed by atoms with Crippen LogP contribution in [0.15, 0.2) is 71.0 Å². The average molecular weight is 275 g/mol. The molecule has 0 aliphatic carbocycles. The number of hydrogen-bond acceptors (Lipinski definition) is 3. The van der Waals surface area contributed by atoms with E-state index in [2.05, 4.69) is 35.4 Å². The molecule has 1 atom stereocenters. The van der Waals surface area contributed by atoms with Crippen LogP contribution in [0.3, 0.4) is 0 Å². The van der Waals surface area contributed by atoms with Crippen LogP contribution in [0.2, 0.25) is 0 Å². The minimum atomic E-state index is -0.506. The van der Waals surface area contributed by atoms with E-state index in [9.17, 15) is 0 Å². The molecule has 0 N–H and O–H groups in total. The van der Waals surface area contributed by atoms with E-state index < -0.39 is 5.72 Å². The molecule has 21 heavy (non-hydrogen) atoms. The lowest BCUT2D eigenvalue weighted by molar-refractivity contribution is 0.0210. The van der Waals surface area contributed by atoms with Gasteiger partial charge in [0, 0.05) is 29.3 Å². The molecule has 5 rings (SSSR count). The minimum Gasteiger partial charge on any atom is -0.464 e. The second-order valence-corrected chi connectivity index (χ2v) is 5.46. The van der Waals surface area contributed by atoms with Crippen molar-refractivity contribution in [3.63, 3.8) is 0 Å². The topological polar surface area (TPSA) is 25.6 Å². The highest BCUT2D eigenvalue weighted by Gasteiger charge is 2.43. The van der Waals surface area contributed by atoms with E-state index in [0.29, 0.717) is 0 Å². The van der Waals surface area contributed by atoms with Crippen LogP contribution in [0.5, 0.6) is 5.75 Å². The lowest BCUT2D eigenvalue weighted by atomic mass is 9.89. The van der Waals surface area contributed by atoms with Gasteiger partial charge in [-0.1, -0.05) is 18.2 Å². The standard InChI is InChI=1S/C18H13NO2/c1-2-9-19-10-3-4-13-12-15-14-7-11-20-16(14)5-6-17(15)21-18(13,19)8-1/h1-9,11-12H,10H2. The van der Waals surface area contributed by atoms with Gasteiger partial charge >= 0.3 is 0 Å². The first-order chi connectivity index (χ1) is 10.4. The molecule has 3 aliphatic rings. The van der Waals surface area contributed by atoms with Crippen LogP contribution in [-0.2, 0) is 0 Å². The third kappa shape index (κ3) is 1.33. The van der Waals surface area contributed by atoms with Gasteiger partial charge in [-0.3, -0.25) is 0 Å². The molecule has 102 valence electrons. The smallest absolute Gasteiger partial charge is 0.229 e. The molecule has 0 saturated heterocycles. The third-order valence-electron chi connectivity index (χ3n) is 4.34. The van der Waals surface area contributed by atoms with Crippen molar-refractivity contribution >= 4 is 17.0 Å². The summed E-state index contributed by atoms with van der Waals surface area (Å²) in [7, 11) is 0. The number of hydrogen-bond donors (Lipinski definition) is 0. The van der Waals surface area contributed by atoms with E-state index in [0.717, 1.165) is 34.4 Å². The van der Waals surface area contributed by atoms with Gasteiger partial charge in [-0.25, -0.2) is 0 Å². The fourth-order valence-electron chi connectivity index (χ4n) is 3.33. The van der Waals surface area contributed by atoms with Gasteiger partial charge in [0.2, 0.25) is 5.72 Å². The fourth-order valence-corrected chi connectivity index (χ4v) is 3.33. The number of allylic oxidation sites excluding steroid dienone is 2. The van der Waals surface area contributed by atoms with Gasteiger partial charge in [0.05, 0.1) is 6.26 Å². The van der Waals surface area contributed by atoms with Crippen LogP contribution in [0.1, 0.15) is 5.56 Å². The maximum Gasteiger partial charge on any atom is 0.229 e. The molecular formula is C18H13NO2. The molecule has 2 aromatic rings. The Kier molecular flexibility index (Phi) is 1.94. The molecule has 1 spiro atoms. The van der Waals surface area contributed by atoms with Gasteiger partial charge in [0.25, 0.3) is 0 Å². The molecule has 0 radical (unpaired) electrons. The molecule has 0 bridgehead atoms. The Labute approximate surface area is 122 Å². The fraction of sp³-hybridized carbons (Fsp3) is 0.111. The molecule has 0 fully saturated rings. The van der Waals surface area contributed by atoms with Crippen molar-refractivity contribution in [1.29, 1.82) is 0 Å². The Morgan fingerprint density at radius 2 is 2.14 bits per heavy atom. The molecule has 1 aromatic carbocycles. The summed E-state index contributed by atoms with van der Waals surface area (Å²) in [6.45, 7) is 0.849. The molecule has 3 heteroatoms. The zero-order valence-electron chi connectivity index (χ0n) is 11.3. The van der Waals surface area contributed by atoms with Crippen LogP contribution in [0, 0.1) is 0 Å². The molecule has 0 amide bonds. The molecule has 3 aliphatic heterocycles. The van der Waals surface area contributed by atoms with Crippen LogP contribution < -0.4 is 4.74 Å². The molecule has 1 unspecified atom stereocenters. The Hall–Kier alpha value is -2.68. The van der Waals surface area contributed by atoms with Gasteiger partial charge in [-0.15, -0.1) is 0 Å². The van der Waals surface area contributed by atoms with Crippen molar-refractivity contribution in [3.8, 4) is 5.75 Å². The van der Waals surface area contributed by atoms with E-state index >= 15 is 0 Å². The van der Waals surface area contributed by atoms with Crippen molar-refractivity contribution in [1.82, 2.24) is 4.90 Å². The summed E-state index contributed by atoms with van der Waals surface area (Å²) in [6.07, 6.45) is 16.5. The van der Waals surface area contributed by atoms with E-state index in [1.165, 1.54) is 0 Å². The number of furan rings is 1. The highest BCUT2D eigenvalue weighted by molar-refractivity contribution is 5.92. The van der Waals surface area contributed by atoms with Gasteiger partial charge in [-0.05, 0) is 36.4 Å². The molecule has 1 aromatic heterocycles. The van der Waals surface area contributed by atoms with Crippen LogP contribution in [0.25, 0.3) is 17.0 Å². The summed E-state index contributed by atoms with van der Waals surface area (Å²) < 4.78 is 11.9. The molecular weight excluding hydrogens is 262 g/mol. The number of nitrogens with zero attached hydrogens (tertiary/aromatic N) is 1. The van der Waals surface area contributed by atoms with Crippen molar-refractivity contribution in [2.75, 3.05) is 6.54 Å². The first-order valence-corrected chi connectivity index (χ1v) is 7.08. The second-order valence-electron chi connectivity index (χ2n) is 5.46. The summed E-state index contributed by atoms with van der Waals surface area (Å²) in [5.41, 5.74) is 2.63. The second kappa shape index (κ2) is 3.70. The SMILES string of the molecule is C1=CN2CC=CC3=Cc4c(ccc5occc45)OC32C=C1. The van der Waals surface area contributed by atoms with Crippen LogP contribution in [0.4, 0.5) is 0 Å². The summed E-state index contributed by atoms with van der Waals surface area (Å²) in [5.74, 6) is 0.896. The number of rotatable bonds is 0. The lowest BCUT2D eigenvalue weighted by Crippen LogP contribution is -2.53. The molecule has 0 saturated carbocycles. The zero-order valence-corrected chi connectivity index (χ0v) is 11.3. The van der Waals surface area contributed by atoms with Gasteiger partial charge in [0.1, 0.15) is 11.3 Å².